The zero-order valence-electron chi connectivity index (χ0n) is 8.08. The average molecular weight is 198 g/mol. The van der Waals surface area contributed by atoms with Gasteiger partial charge < -0.3 is 16.2 Å². The van der Waals surface area contributed by atoms with Crippen molar-refractivity contribution in [2.75, 3.05) is 13.2 Å². The van der Waals surface area contributed by atoms with Crippen LogP contribution in [0.1, 0.15) is 6.92 Å². The van der Waals surface area contributed by atoms with E-state index >= 15 is 0 Å². The molecule has 0 saturated carbocycles. The molecule has 0 aliphatic rings. The van der Waals surface area contributed by atoms with Gasteiger partial charge in [0.05, 0.1) is 0 Å². The Morgan fingerprint density at radius 1 is 1.50 bits per heavy atom. The van der Waals surface area contributed by atoms with E-state index in [0.29, 0.717) is 0 Å². The second-order valence-corrected chi connectivity index (χ2v) is 2.64. The smallest absolute Gasteiger partial charge is 0.333 e. The van der Waals surface area contributed by atoms with Crippen LogP contribution in [-0.2, 0) is 14.3 Å². The van der Waals surface area contributed by atoms with Gasteiger partial charge in [0, 0.05) is 17.7 Å². The van der Waals surface area contributed by atoms with Crippen molar-refractivity contribution in [2.24, 2.45) is 11.5 Å². The molecule has 0 heterocycles. The molecule has 78 valence electrons. The molecule has 0 rings (SSSR count). The third-order valence-electron chi connectivity index (χ3n) is 1.38. The van der Waals surface area contributed by atoms with E-state index in [2.05, 4.69) is 6.58 Å². The van der Waals surface area contributed by atoms with Crippen molar-refractivity contribution in [3.63, 3.8) is 0 Å². The van der Waals surface area contributed by atoms with Gasteiger partial charge in [0.1, 0.15) is 6.61 Å². The minimum absolute atomic E-state index is 0.0622. The molecule has 0 aromatic rings. The van der Waals surface area contributed by atoms with E-state index in [1.807, 2.05) is 0 Å². The Morgan fingerprint density at radius 2 is 2.07 bits per heavy atom. The van der Waals surface area contributed by atoms with Crippen molar-refractivity contribution in [1.82, 2.24) is 0 Å². The van der Waals surface area contributed by atoms with Crippen LogP contribution in [0.5, 0.6) is 0 Å². The number of esters is 1. The number of primary amides is 1. The van der Waals surface area contributed by atoms with E-state index in [4.69, 9.17) is 16.2 Å². The number of nitrogens with two attached hydrogens (primary N) is 2. The van der Waals surface area contributed by atoms with E-state index in [0.717, 1.165) is 0 Å². The molecule has 0 aliphatic heterocycles. The number of amides is 1. The van der Waals surface area contributed by atoms with Gasteiger partial charge in [0.15, 0.2) is 0 Å². The zero-order chi connectivity index (χ0) is 11.1. The summed E-state index contributed by atoms with van der Waals surface area (Å²) < 4.78 is 4.71. The van der Waals surface area contributed by atoms with Crippen LogP contribution in [0.25, 0.3) is 0 Å². The number of ether oxygens (including phenoxy) is 1. The van der Waals surface area contributed by atoms with Gasteiger partial charge in [-0.3, -0.25) is 4.79 Å². The molecule has 5 nitrogen and oxygen atoms in total. The van der Waals surface area contributed by atoms with Crippen molar-refractivity contribution in [2.45, 2.75) is 6.92 Å². The van der Waals surface area contributed by atoms with Gasteiger partial charge in [-0.05, 0) is 13.0 Å². The van der Waals surface area contributed by atoms with Crippen molar-refractivity contribution in [1.29, 1.82) is 0 Å². The largest absolute Gasteiger partial charge is 0.461 e. The van der Waals surface area contributed by atoms with Crippen LogP contribution in [0.15, 0.2) is 23.8 Å². The van der Waals surface area contributed by atoms with Crippen LogP contribution in [0, 0.1) is 0 Å². The SMILES string of the molecule is C=C(/C=C(\C)C(=O)OCCN)C(N)=O. The predicted octanol–water partition coefficient (Wildman–Crippen LogP) is -0.524. The fraction of sp³-hybridized carbons (Fsp3) is 0.333. The van der Waals surface area contributed by atoms with Crippen LogP contribution in [-0.4, -0.2) is 25.0 Å². The fourth-order valence-corrected chi connectivity index (χ4v) is 0.657. The Balaban J connectivity index is 4.30. The topological polar surface area (TPSA) is 95.4 Å². The number of rotatable bonds is 5. The predicted molar refractivity (Wildman–Crippen MR) is 52.1 cm³/mol. The van der Waals surface area contributed by atoms with Crippen molar-refractivity contribution >= 4 is 11.9 Å². The van der Waals surface area contributed by atoms with Crippen molar-refractivity contribution < 1.29 is 14.3 Å². The van der Waals surface area contributed by atoms with Crippen LogP contribution in [0.3, 0.4) is 0 Å². The monoisotopic (exact) mass is 198 g/mol. The van der Waals surface area contributed by atoms with Crippen molar-refractivity contribution in [3.05, 3.63) is 23.8 Å². The summed E-state index contributed by atoms with van der Waals surface area (Å²) in [5.74, 6) is -1.20. The molecule has 0 unspecified atom stereocenters. The fourth-order valence-electron chi connectivity index (χ4n) is 0.657. The summed E-state index contributed by atoms with van der Waals surface area (Å²) in [5, 5.41) is 0. The highest BCUT2D eigenvalue weighted by Crippen LogP contribution is 2.01. The first kappa shape index (κ1) is 12.4. The maximum atomic E-state index is 11.1. The second-order valence-electron chi connectivity index (χ2n) is 2.64. The van der Waals surface area contributed by atoms with Gasteiger partial charge >= 0.3 is 5.97 Å². The lowest BCUT2D eigenvalue weighted by molar-refractivity contribution is -0.138. The summed E-state index contributed by atoms with van der Waals surface area (Å²) in [6.07, 6.45) is 1.28. The van der Waals surface area contributed by atoms with E-state index in [1.165, 1.54) is 13.0 Å². The lowest BCUT2D eigenvalue weighted by atomic mass is 10.2. The molecule has 0 bridgehead atoms. The highest BCUT2D eigenvalue weighted by molar-refractivity contribution is 5.97. The molecule has 0 radical (unpaired) electrons. The zero-order valence-corrected chi connectivity index (χ0v) is 8.08. The van der Waals surface area contributed by atoms with E-state index in [9.17, 15) is 9.59 Å². The van der Waals surface area contributed by atoms with Crippen LogP contribution >= 0.6 is 0 Å². The van der Waals surface area contributed by atoms with Crippen LogP contribution in [0.4, 0.5) is 0 Å². The normalized spacial score (nSPS) is 10.9. The number of carbonyl (C=O) groups is 2. The average Bonchev–Trinajstić information content (AvgIpc) is 2.13. The first-order valence-electron chi connectivity index (χ1n) is 4.03. The van der Waals surface area contributed by atoms with Gasteiger partial charge in [-0.2, -0.15) is 0 Å². The Hall–Kier alpha value is -1.62. The number of hydrogen-bond acceptors (Lipinski definition) is 4. The lowest BCUT2D eigenvalue weighted by Crippen LogP contribution is -2.16. The standard InChI is InChI=1S/C9H14N2O3/c1-6(8(11)12)5-7(2)9(13)14-4-3-10/h5H,1,3-4,10H2,2H3,(H2,11,12)/b7-5+. The molecule has 0 fully saturated rings. The van der Waals surface area contributed by atoms with Gasteiger partial charge in [-0.15, -0.1) is 0 Å². The first-order chi connectivity index (χ1) is 6.49. The summed E-state index contributed by atoms with van der Waals surface area (Å²) in [6, 6.07) is 0. The first-order valence-corrected chi connectivity index (χ1v) is 4.03. The molecule has 5 heteroatoms. The lowest BCUT2D eigenvalue weighted by Gasteiger charge is -2.02. The molecule has 4 N–H and O–H groups in total. The number of hydrogen-bond donors (Lipinski definition) is 2. The van der Waals surface area contributed by atoms with Crippen molar-refractivity contribution in [3.8, 4) is 0 Å². The third kappa shape index (κ3) is 4.42. The molecule has 0 aromatic heterocycles. The van der Waals surface area contributed by atoms with E-state index in [-0.39, 0.29) is 24.3 Å². The van der Waals surface area contributed by atoms with Gasteiger partial charge in [0.25, 0.3) is 0 Å². The Bertz CT molecular complexity index is 282. The van der Waals surface area contributed by atoms with Crippen LogP contribution in [0.2, 0.25) is 0 Å². The highest BCUT2D eigenvalue weighted by Gasteiger charge is 2.06. The summed E-state index contributed by atoms with van der Waals surface area (Å²) in [4.78, 5) is 21.7. The molecule has 0 saturated heterocycles. The highest BCUT2D eigenvalue weighted by atomic mass is 16.5. The summed E-state index contributed by atoms with van der Waals surface area (Å²) in [6.45, 7) is 5.29. The molecule has 0 atom stereocenters. The minimum Gasteiger partial charge on any atom is -0.461 e. The Labute approximate surface area is 82.4 Å². The number of carbonyl (C=O) groups excluding carboxylic acids is 2. The quantitative estimate of drug-likeness (QED) is 0.353. The van der Waals surface area contributed by atoms with Crippen LogP contribution < -0.4 is 11.5 Å². The van der Waals surface area contributed by atoms with Gasteiger partial charge in [-0.25, -0.2) is 4.79 Å². The third-order valence-corrected chi connectivity index (χ3v) is 1.38. The summed E-state index contributed by atoms with van der Waals surface area (Å²) in [7, 11) is 0. The molecule has 0 spiro atoms. The molecule has 0 aromatic carbocycles. The molecule has 14 heavy (non-hydrogen) atoms. The molecular formula is C9H14N2O3. The van der Waals surface area contributed by atoms with E-state index in [1.54, 1.807) is 0 Å². The summed E-state index contributed by atoms with van der Waals surface area (Å²) in [5.41, 5.74) is 10.4. The van der Waals surface area contributed by atoms with E-state index < -0.39 is 11.9 Å². The minimum atomic E-state index is -0.670. The Kier molecular flexibility index (Phi) is 5.24. The second kappa shape index (κ2) is 5.93. The maximum Gasteiger partial charge on any atom is 0.333 e. The molecular weight excluding hydrogens is 184 g/mol. The summed E-state index contributed by atoms with van der Waals surface area (Å²) >= 11 is 0. The molecule has 1 amide bonds. The van der Waals surface area contributed by atoms with Gasteiger partial charge in [0.2, 0.25) is 5.91 Å². The molecule has 0 aliphatic carbocycles. The maximum absolute atomic E-state index is 11.1. The Morgan fingerprint density at radius 3 is 2.50 bits per heavy atom. The van der Waals surface area contributed by atoms with Gasteiger partial charge in [-0.1, -0.05) is 6.58 Å².